The fourth-order valence-corrected chi connectivity index (χ4v) is 6.21. The Balaban J connectivity index is 2.39. The molecule has 2 aromatic rings. The summed E-state index contributed by atoms with van der Waals surface area (Å²) in [5.41, 5.74) is 2.71. The SMILES string of the molecule is CCCCCC(CC(=O)Nc1cc(CC(=O)O)ccc1C(C)(C)C)c1ccc(S(=O)(=O)CCCC)cc1OC. The maximum atomic E-state index is 13.4. The molecule has 8 heteroatoms. The number of methoxy groups -OCH3 is 1. The van der Waals surface area contributed by atoms with Gasteiger partial charge in [-0.3, -0.25) is 9.59 Å². The molecule has 7 nitrogen and oxygen atoms in total. The fourth-order valence-electron chi connectivity index (χ4n) is 4.74. The van der Waals surface area contributed by atoms with Crippen molar-refractivity contribution in [3.8, 4) is 5.75 Å². The topological polar surface area (TPSA) is 110 Å². The third-order valence-corrected chi connectivity index (χ3v) is 8.68. The summed E-state index contributed by atoms with van der Waals surface area (Å²) >= 11 is 0. The molecule has 0 radical (unpaired) electrons. The van der Waals surface area contributed by atoms with E-state index in [1.54, 1.807) is 30.3 Å². The summed E-state index contributed by atoms with van der Waals surface area (Å²) in [6.07, 6.45) is 5.19. The lowest BCUT2D eigenvalue weighted by Gasteiger charge is -2.25. The number of carboxylic acids is 1. The highest BCUT2D eigenvalue weighted by Crippen LogP contribution is 2.36. The second kappa shape index (κ2) is 14.5. The molecule has 0 saturated carbocycles. The average molecular weight is 560 g/mol. The number of carbonyl (C=O) groups excluding carboxylic acids is 1. The Morgan fingerprint density at radius 3 is 2.28 bits per heavy atom. The lowest BCUT2D eigenvalue weighted by molar-refractivity contribution is -0.136. The number of amides is 1. The second-order valence-corrected chi connectivity index (χ2v) is 13.3. The highest BCUT2D eigenvalue weighted by Gasteiger charge is 2.25. The van der Waals surface area contributed by atoms with E-state index in [9.17, 15) is 23.1 Å². The molecule has 0 aliphatic carbocycles. The molecule has 0 aliphatic rings. The summed E-state index contributed by atoms with van der Waals surface area (Å²) in [4.78, 5) is 24.9. The van der Waals surface area contributed by atoms with Crippen LogP contribution in [0.2, 0.25) is 0 Å². The van der Waals surface area contributed by atoms with Crippen LogP contribution in [-0.2, 0) is 31.3 Å². The van der Waals surface area contributed by atoms with Crippen molar-refractivity contribution in [1.82, 2.24) is 0 Å². The molecule has 0 aromatic heterocycles. The Morgan fingerprint density at radius 1 is 1.00 bits per heavy atom. The van der Waals surface area contributed by atoms with E-state index in [1.807, 2.05) is 33.8 Å². The molecule has 2 N–H and O–H groups in total. The van der Waals surface area contributed by atoms with Gasteiger partial charge < -0.3 is 15.2 Å². The van der Waals surface area contributed by atoms with Crippen LogP contribution in [0.3, 0.4) is 0 Å². The van der Waals surface area contributed by atoms with Crippen molar-refractivity contribution in [2.45, 2.75) is 102 Å². The van der Waals surface area contributed by atoms with E-state index in [0.29, 0.717) is 23.4 Å². The van der Waals surface area contributed by atoms with Gasteiger partial charge in [-0.1, -0.05) is 78.5 Å². The fraction of sp³-hybridized carbons (Fsp3) is 0.548. The third kappa shape index (κ3) is 9.67. The van der Waals surface area contributed by atoms with Gasteiger partial charge >= 0.3 is 5.97 Å². The van der Waals surface area contributed by atoms with Crippen LogP contribution in [0.25, 0.3) is 0 Å². The minimum Gasteiger partial charge on any atom is -0.496 e. The summed E-state index contributed by atoms with van der Waals surface area (Å²) in [6.45, 7) is 10.2. The summed E-state index contributed by atoms with van der Waals surface area (Å²) in [6, 6.07) is 10.4. The van der Waals surface area contributed by atoms with Gasteiger partial charge in [-0.25, -0.2) is 8.42 Å². The Bertz CT molecular complexity index is 1230. The number of benzene rings is 2. The number of carbonyl (C=O) groups is 2. The first-order valence-electron chi connectivity index (χ1n) is 13.9. The van der Waals surface area contributed by atoms with Gasteiger partial charge in [0.05, 0.1) is 24.2 Å². The van der Waals surface area contributed by atoms with Gasteiger partial charge in [-0.2, -0.15) is 0 Å². The number of hydrogen-bond donors (Lipinski definition) is 2. The van der Waals surface area contributed by atoms with Crippen molar-refractivity contribution >= 4 is 27.4 Å². The number of anilines is 1. The summed E-state index contributed by atoms with van der Waals surface area (Å²) in [7, 11) is -1.89. The maximum absolute atomic E-state index is 13.4. The largest absolute Gasteiger partial charge is 0.496 e. The monoisotopic (exact) mass is 559 g/mol. The molecule has 1 unspecified atom stereocenters. The van der Waals surface area contributed by atoms with Crippen LogP contribution in [0.5, 0.6) is 5.75 Å². The number of aliphatic carboxylic acids is 1. The zero-order valence-corrected chi connectivity index (χ0v) is 25.1. The molecule has 0 fully saturated rings. The van der Waals surface area contributed by atoms with E-state index in [0.717, 1.165) is 43.2 Å². The first-order chi connectivity index (χ1) is 18.3. The van der Waals surface area contributed by atoms with Gasteiger partial charge in [-0.15, -0.1) is 0 Å². The van der Waals surface area contributed by atoms with Gasteiger partial charge in [0, 0.05) is 12.1 Å². The van der Waals surface area contributed by atoms with Gasteiger partial charge in [0.2, 0.25) is 5.91 Å². The zero-order chi connectivity index (χ0) is 29.2. The molecule has 216 valence electrons. The molecule has 2 rings (SSSR count). The number of sulfone groups is 1. The van der Waals surface area contributed by atoms with Gasteiger partial charge in [0.1, 0.15) is 5.75 Å². The maximum Gasteiger partial charge on any atom is 0.307 e. The Kier molecular flexibility index (Phi) is 12.0. The van der Waals surface area contributed by atoms with E-state index in [4.69, 9.17) is 4.74 Å². The van der Waals surface area contributed by atoms with E-state index in [2.05, 4.69) is 12.2 Å². The molecule has 2 aromatic carbocycles. The Morgan fingerprint density at radius 2 is 1.69 bits per heavy atom. The van der Waals surface area contributed by atoms with Crippen LogP contribution in [0.1, 0.15) is 102 Å². The van der Waals surface area contributed by atoms with Crippen molar-refractivity contribution in [3.63, 3.8) is 0 Å². The van der Waals surface area contributed by atoms with Crippen molar-refractivity contribution in [3.05, 3.63) is 53.1 Å². The molecule has 0 bridgehead atoms. The molecule has 1 atom stereocenters. The van der Waals surface area contributed by atoms with Gasteiger partial charge in [0.25, 0.3) is 0 Å². The standard InChI is InChI=1S/C31H45NO6S/c1-7-9-11-12-23(25-15-14-24(21-28(25)38-6)39(36,37)17-10-8-2)20-29(33)32-27-18-22(19-30(34)35)13-16-26(27)31(3,4)5/h13-16,18,21,23H,7-12,17,19-20H2,1-6H3,(H,32,33)(H,34,35). The quantitative estimate of drug-likeness (QED) is 0.230. The number of hydrogen-bond acceptors (Lipinski definition) is 5. The number of carboxylic acid groups (broad SMARTS) is 1. The van der Waals surface area contributed by atoms with Crippen molar-refractivity contribution in [2.24, 2.45) is 0 Å². The average Bonchev–Trinajstić information content (AvgIpc) is 2.85. The first kappa shape index (κ1) is 32.3. The number of nitrogens with one attached hydrogen (secondary N) is 1. The van der Waals surface area contributed by atoms with E-state index < -0.39 is 15.8 Å². The molecule has 0 heterocycles. The minimum atomic E-state index is -3.41. The number of unbranched alkanes of at least 4 members (excludes halogenated alkanes) is 3. The highest BCUT2D eigenvalue weighted by atomic mass is 32.2. The highest BCUT2D eigenvalue weighted by molar-refractivity contribution is 7.91. The molecule has 1 amide bonds. The van der Waals surface area contributed by atoms with Gasteiger partial charge in [-0.05, 0) is 59.1 Å². The van der Waals surface area contributed by atoms with Crippen LogP contribution in [0.15, 0.2) is 41.3 Å². The molecule has 39 heavy (non-hydrogen) atoms. The normalized spacial score (nSPS) is 12.7. The smallest absolute Gasteiger partial charge is 0.307 e. The molecule has 0 aliphatic heterocycles. The zero-order valence-electron chi connectivity index (χ0n) is 24.3. The molecule has 0 saturated heterocycles. The van der Waals surface area contributed by atoms with Crippen molar-refractivity contribution in [1.29, 1.82) is 0 Å². The van der Waals surface area contributed by atoms with Crippen LogP contribution < -0.4 is 10.1 Å². The van der Waals surface area contributed by atoms with Crippen molar-refractivity contribution < 1.29 is 27.9 Å². The Hall–Kier alpha value is -2.87. The number of ether oxygens (including phenoxy) is 1. The lowest BCUT2D eigenvalue weighted by Crippen LogP contribution is -2.21. The number of rotatable bonds is 15. The van der Waals surface area contributed by atoms with E-state index in [1.165, 1.54) is 7.11 Å². The lowest BCUT2D eigenvalue weighted by atomic mass is 9.84. The van der Waals surface area contributed by atoms with Crippen LogP contribution in [0.4, 0.5) is 5.69 Å². The van der Waals surface area contributed by atoms with E-state index >= 15 is 0 Å². The summed E-state index contributed by atoms with van der Waals surface area (Å²) < 4.78 is 31.2. The summed E-state index contributed by atoms with van der Waals surface area (Å²) in [5, 5.41) is 12.3. The van der Waals surface area contributed by atoms with Crippen LogP contribution in [0, 0.1) is 0 Å². The van der Waals surface area contributed by atoms with E-state index in [-0.39, 0.29) is 40.7 Å². The molecule has 0 spiro atoms. The minimum absolute atomic E-state index is 0.0887. The third-order valence-electron chi connectivity index (χ3n) is 6.88. The predicted molar refractivity (Wildman–Crippen MR) is 157 cm³/mol. The molecular formula is C31H45NO6S. The Labute approximate surface area is 234 Å². The van der Waals surface area contributed by atoms with Crippen molar-refractivity contribution in [2.75, 3.05) is 18.2 Å². The van der Waals surface area contributed by atoms with Crippen LogP contribution >= 0.6 is 0 Å². The second-order valence-electron chi connectivity index (χ2n) is 11.2. The molecular weight excluding hydrogens is 514 g/mol. The summed E-state index contributed by atoms with van der Waals surface area (Å²) in [5.74, 6) is -0.721. The first-order valence-corrected chi connectivity index (χ1v) is 15.5. The predicted octanol–water partition coefficient (Wildman–Crippen LogP) is 6.89. The van der Waals surface area contributed by atoms with Gasteiger partial charge in [0.15, 0.2) is 9.84 Å². The van der Waals surface area contributed by atoms with Crippen LogP contribution in [-0.4, -0.2) is 38.3 Å².